The van der Waals surface area contributed by atoms with Crippen molar-refractivity contribution in [3.8, 4) is 59.2 Å². The topological polar surface area (TPSA) is 17.8 Å². The molecule has 144 valence electrons. The van der Waals surface area contributed by atoms with E-state index in [1.807, 2.05) is 6.20 Å². The van der Waals surface area contributed by atoms with Crippen molar-refractivity contribution in [3.05, 3.63) is 18.2 Å². The highest BCUT2D eigenvalue weighted by molar-refractivity contribution is 5.42. The molecule has 2 heterocycles. The third-order valence-electron chi connectivity index (χ3n) is 4.29. The molecule has 2 heteroatoms. The molecule has 1 aliphatic heterocycles. The standard InChI is InChI=1S/C14H24N2.C12H6/c1-2-4-6-8-10-14-15-11-13-16(14)12-9-7-5-3-1;1-3-5-7-9-11-12-10-8-6-4-2/h11,13H,1-10,12H2;1-2H3. The quantitative estimate of drug-likeness (QED) is 0.588. The predicted molar refractivity (Wildman–Crippen MR) is 118 cm³/mol. The zero-order chi connectivity index (χ0) is 20.1. The Morgan fingerprint density at radius 1 is 0.643 bits per heavy atom. The zero-order valence-electron chi connectivity index (χ0n) is 17.3. The van der Waals surface area contributed by atoms with E-state index in [-0.39, 0.29) is 0 Å². The number of aromatic nitrogens is 2. The van der Waals surface area contributed by atoms with Gasteiger partial charge >= 0.3 is 0 Å². The van der Waals surface area contributed by atoms with Crippen LogP contribution in [-0.4, -0.2) is 9.55 Å². The van der Waals surface area contributed by atoms with Crippen molar-refractivity contribution in [2.45, 2.75) is 84.6 Å². The molecule has 28 heavy (non-hydrogen) atoms. The Morgan fingerprint density at radius 2 is 1.11 bits per heavy atom. The van der Waals surface area contributed by atoms with E-state index < -0.39 is 0 Å². The predicted octanol–water partition coefficient (Wildman–Crippen LogP) is 4.99. The van der Waals surface area contributed by atoms with Crippen LogP contribution in [0.2, 0.25) is 0 Å². The fraction of sp³-hybridized carbons (Fsp3) is 0.500. The van der Waals surface area contributed by atoms with Crippen molar-refractivity contribution in [1.29, 1.82) is 0 Å². The Labute approximate surface area is 171 Å². The van der Waals surface area contributed by atoms with Gasteiger partial charge in [0.2, 0.25) is 0 Å². The summed E-state index contributed by atoms with van der Waals surface area (Å²) in [5, 5.41) is 0. The van der Waals surface area contributed by atoms with Crippen LogP contribution in [0.3, 0.4) is 0 Å². The van der Waals surface area contributed by atoms with Gasteiger partial charge in [-0.25, -0.2) is 4.98 Å². The number of imidazole rings is 1. The first-order valence-corrected chi connectivity index (χ1v) is 10.2. The lowest BCUT2D eigenvalue weighted by Gasteiger charge is -2.06. The molecule has 0 spiro atoms. The van der Waals surface area contributed by atoms with E-state index in [9.17, 15) is 0 Å². The lowest BCUT2D eigenvalue weighted by Crippen LogP contribution is -2.03. The van der Waals surface area contributed by atoms with Gasteiger partial charge in [0.1, 0.15) is 5.82 Å². The molecular formula is C26H30N2. The largest absolute Gasteiger partial charge is 0.335 e. The summed E-state index contributed by atoms with van der Waals surface area (Å²) in [6.07, 6.45) is 17.9. The third-order valence-corrected chi connectivity index (χ3v) is 4.29. The molecule has 0 fully saturated rings. The van der Waals surface area contributed by atoms with Crippen molar-refractivity contribution in [1.82, 2.24) is 9.55 Å². The summed E-state index contributed by atoms with van der Waals surface area (Å²) in [6.45, 7) is 4.62. The van der Waals surface area contributed by atoms with Crippen molar-refractivity contribution >= 4 is 0 Å². The Balaban J connectivity index is 0.000000295. The molecule has 0 saturated carbocycles. The Kier molecular flexibility index (Phi) is 14.3. The molecule has 0 aromatic carbocycles. The van der Waals surface area contributed by atoms with Crippen molar-refractivity contribution in [2.75, 3.05) is 0 Å². The number of aryl methyl sites for hydroxylation is 2. The molecule has 0 bridgehead atoms. The van der Waals surface area contributed by atoms with Crippen LogP contribution in [-0.2, 0) is 13.0 Å². The summed E-state index contributed by atoms with van der Waals surface area (Å²) >= 11 is 0. The molecule has 0 radical (unpaired) electrons. The van der Waals surface area contributed by atoms with Crippen LogP contribution in [0.5, 0.6) is 0 Å². The van der Waals surface area contributed by atoms with Crippen molar-refractivity contribution in [2.24, 2.45) is 0 Å². The van der Waals surface area contributed by atoms with E-state index in [4.69, 9.17) is 0 Å². The fourth-order valence-electron chi connectivity index (χ4n) is 2.89. The highest BCUT2D eigenvalue weighted by Crippen LogP contribution is 2.14. The van der Waals surface area contributed by atoms with Gasteiger partial charge in [0.05, 0.1) is 0 Å². The average molecular weight is 371 g/mol. The maximum Gasteiger partial charge on any atom is 0.108 e. The second-order valence-electron chi connectivity index (χ2n) is 6.47. The summed E-state index contributed by atoms with van der Waals surface area (Å²) in [6, 6.07) is 0. The zero-order valence-corrected chi connectivity index (χ0v) is 17.3. The molecule has 2 rings (SSSR count). The summed E-state index contributed by atoms with van der Waals surface area (Å²) in [5.74, 6) is 26.9. The highest BCUT2D eigenvalue weighted by Gasteiger charge is 2.03. The third kappa shape index (κ3) is 12.4. The molecular weight excluding hydrogens is 340 g/mol. The first-order chi connectivity index (χ1) is 13.9. The van der Waals surface area contributed by atoms with Crippen LogP contribution in [0.25, 0.3) is 0 Å². The molecule has 1 aromatic rings. The second-order valence-corrected chi connectivity index (χ2v) is 6.47. The normalized spacial score (nSPS) is 13.2. The number of hydrogen-bond donors (Lipinski definition) is 0. The molecule has 0 N–H and O–H groups in total. The summed E-state index contributed by atoms with van der Waals surface area (Å²) < 4.78 is 2.36. The van der Waals surface area contributed by atoms with E-state index in [0.717, 1.165) is 0 Å². The van der Waals surface area contributed by atoms with Crippen LogP contribution >= 0.6 is 0 Å². The molecule has 0 aliphatic carbocycles. The van der Waals surface area contributed by atoms with Crippen LogP contribution < -0.4 is 0 Å². The van der Waals surface area contributed by atoms with E-state index in [1.165, 1.54) is 76.6 Å². The van der Waals surface area contributed by atoms with Gasteiger partial charge in [-0.15, -0.1) is 0 Å². The Bertz CT molecular complexity index is 793. The molecule has 0 amide bonds. The molecule has 0 unspecified atom stereocenters. The summed E-state index contributed by atoms with van der Waals surface area (Å²) in [4.78, 5) is 4.47. The molecule has 2 nitrogen and oxygen atoms in total. The maximum atomic E-state index is 4.47. The van der Waals surface area contributed by atoms with Crippen molar-refractivity contribution < 1.29 is 0 Å². The van der Waals surface area contributed by atoms with E-state index in [0.29, 0.717) is 0 Å². The minimum atomic E-state index is 1.17. The van der Waals surface area contributed by atoms with Gasteiger partial charge in [0.15, 0.2) is 0 Å². The lowest BCUT2D eigenvalue weighted by molar-refractivity contribution is 0.544. The summed E-state index contributed by atoms with van der Waals surface area (Å²) in [5.41, 5.74) is 0. The van der Waals surface area contributed by atoms with Gasteiger partial charge in [-0.3, -0.25) is 0 Å². The van der Waals surface area contributed by atoms with E-state index in [1.54, 1.807) is 13.8 Å². The monoisotopic (exact) mass is 370 g/mol. The number of hydrogen-bond acceptors (Lipinski definition) is 1. The number of nitrogens with zero attached hydrogens (tertiary/aromatic N) is 2. The Morgan fingerprint density at radius 3 is 1.64 bits per heavy atom. The van der Waals surface area contributed by atoms with Gasteiger partial charge in [0, 0.05) is 25.4 Å². The smallest absolute Gasteiger partial charge is 0.108 e. The van der Waals surface area contributed by atoms with Gasteiger partial charge in [0.25, 0.3) is 0 Å². The van der Waals surface area contributed by atoms with Crippen LogP contribution in [0, 0.1) is 59.2 Å². The molecule has 0 atom stereocenters. The van der Waals surface area contributed by atoms with Gasteiger partial charge in [-0.1, -0.05) is 56.8 Å². The molecule has 0 saturated heterocycles. The SMILES string of the molecule is CC#CC#CC#CC#CC#CC.c1cn2c(n1)CCCCCCCCCCC2. The minimum Gasteiger partial charge on any atom is -0.335 e. The van der Waals surface area contributed by atoms with Gasteiger partial charge in [-0.2, -0.15) is 0 Å². The van der Waals surface area contributed by atoms with Crippen LogP contribution in [0.1, 0.15) is 77.5 Å². The summed E-state index contributed by atoms with van der Waals surface area (Å²) in [7, 11) is 0. The molecule has 1 aliphatic rings. The first kappa shape index (κ1) is 23.0. The first-order valence-electron chi connectivity index (χ1n) is 10.2. The highest BCUT2D eigenvalue weighted by atomic mass is 15.1. The second kappa shape index (κ2) is 17.4. The van der Waals surface area contributed by atoms with Crippen molar-refractivity contribution in [3.63, 3.8) is 0 Å². The maximum absolute atomic E-state index is 4.47. The van der Waals surface area contributed by atoms with E-state index >= 15 is 0 Å². The number of fused-ring (bicyclic) bond motifs is 1. The Hall–Kier alpha value is -2.99. The minimum absolute atomic E-state index is 1.17. The lowest BCUT2D eigenvalue weighted by atomic mass is 10.1. The van der Waals surface area contributed by atoms with Crippen LogP contribution in [0.15, 0.2) is 12.4 Å². The molecule has 1 aromatic heterocycles. The fourth-order valence-corrected chi connectivity index (χ4v) is 2.89. The van der Waals surface area contributed by atoms with E-state index in [2.05, 4.69) is 75.0 Å². The van der Waals surface area contributed by atoms with Gasteiger partial charge < -0.3 is 4.57 Å². The van der Waals surface area contributed by atoms with Gasteiger partial charge in [-0.05, 0) is 74.1 Å². The average Bonchev–Trinajstić information content (AvgIpc) is 3.16. The van der Waals surface area contributed by atoms with Crippen LogP contribution in [0.4, 0.5) is 0 Å². The number of rotatable bonds is 0.